The molecule has 1 N–H and O–H groups in total. The van der Waals surface area contributed by atoms with Gasteiger partial charge in [0.1, 0.15) is 10.7 Å². The zero-order valence-corrected chi connectivity index (χ0v) is 13.0. The van der Waals surface area contributed by atoms with Crippen LogP contribution in [0.2, 0.25) is 5.02 Å². The van der Waals surface area contributed by atoms with E-state index in [2.05, 4.69) is 9.71 Å². The summed E-state index contributed by atoms with van der Waals surface area (Å²) in [6.07, 6.45) is 0.742. The van der Waals surface area contributed by atoms with Crippen molar-refractivity contribution < 1.29 is 17.9 Å². The molecule has 0 spiro atoms. The predicted molar refractivity (Wildman–Crippen MR) is 79.0 cm³/mol. The average Bonchev–Trinajstić information content (AvgIpc) is 3.11. The molecule has 1 saturated heterocycles. The molecule has 0 amide bonds. The molecule has 0 radical (unpaired) electrons. The molecule has 2 aromatic rings. The molecule has 0 bridgehead atoms. The molecule has 3 rings (SSSR count). The quantitative estimate of drug-likeness (QED) is 0.920. The molecule has 0 atom stereocenters. The highest BCUT2D eigenvalue weighted by Gasteiger charge is 2.29. The van der Waals surface area contributed by atoms with Crippen molar-refractivity contribution in [2.75, 3.05) is 17.9 Å². The van der Waals surface area contributed by atoms with E-state index >= 15 is 0 Å². The van der Waals surface area contributed by atoms with Gasteiger partial charge >= 0.3 is 0 Å². The Morgan fingerprint density at radius 3 is 2.71 bits per heavy atom. The first kappa shape index (κ1) is 14.7. The number of rotatable bonds is 4. The topological polar surface area (TPSA) is 77.5 Å². The largest absolute Gasteiger partial charge is 0.345 e. The number of thiophene rings is 1. The van der Waals surface area contributed by atoms with E-state index in [-0.39, 0.29) is 10.7 Å². The van der Waals surface area contributed by atoms with Gasteiger partial charge in [-0.2, -0.15) is 0 Å². The third kappa shape index (κ3) is 3.19. The second-order valence-electron chi connectivity index (χ2n) is 4.19. The van der Waals surface area contributed by atoms with E-state index in [0.717, 1.165) is 0 Å². The maximum Gasteiger partial charge on any atom is 0.264 e. The summed E-state index contributed by atoms with van der Waals surface area (Å²) in [6.45, 7) is 0.905. The summed E-state index contributed by atoms with van der Waals surface area (Å²) in [5, 5.41) is 2.12. The van der Waals surface area contributed by atoms with Crippen LogP contribution in [0.25, 0.3) is 0 Å². The van der Waals surface area contributed by atoms with Crippen LogP contribution in [-0.4, -0.2) is 26.6 Å². The highest BCUT2D eigenvalue weighted by atomic mass is 35.5. The Bertz CT molecular complexity index is 724. The van der Waals surface area contributed by atoms with E-state index in [4.69, 9.17) is 21.1 Å². The fraction of sp³-hybridized carbons (Fsp3) is 0.250. The van der Waals surface area contributed by atoms with Crippen molar-refractivity contribution in [2.24, 2.45) is 0 Å². The fourth-order valence-electron chi connectivity index (χ4n) is 1.84. The van der Waals surface area contributed by atoms with E-state index in [9.17, 15) is 8.42 Å². The lowest BCUT2D eigenvalue weighted by Crippen LogP contribution is -2.15. The first-order valence-electron chi connectivity index (χ1n) is 6.01. The zero-order valence-electron chi connectivity index (χ0n) is 10.7. The van der Waals surface area contributed by atoms with Crippen molar-refractivity contribution in [3.63, 3.8) is 0 Å². The second-order valence-corrected chi connectivity index (χ2v) is 7.22. The standard InChI is InChI=1S/C12H11ClN2O4S2/c13-8-1-2-10(14-7-8)15-21(16,17)9-3-6-20-11(9)12-18-4-5-19-12/h1-3,6-7,12H,4-5H2,(H,14,15). The van der Waals surface area contributed by atoms with Crippen LogP contribution in [0, 0.1) is 0 Å². The van der Waals surface area contributed by atoms with Crippen LogP contribution in [0.3, 0.4) is 0 Å². The van der Waals surface area contributed by atoms with Crippen molar-refractivity contribution in [3.8, 4) is 0 Å². The van der Waals surface area contributed by atoms with Gasteiger partial charge in [-0.15, -0.1) is 11.3 Å². The van der Waals surface area contributed by atoms with E-state index in [1.807, 2.05) is 0 Å². The van der Waals surface area contributed by atoms with Gasteiger partial charge in [0, 0.05) is 6.20 Å². The van der Waals surface area contributed by atoms with Crippen LogP contribution in [0.5, 0.6) is 0 Å². The van der Waals surface area contributed by atoms with Gasteiger partial charge in [-0.1, -0.05) is 11.6 Å². The van der Waals surface area contributed by atoms with Crippen LogP contribution < -0.4 is 4.72 Å². The number of nitrogens with zero attached hydrogens (tertiary/aromatic N) is 1. The fourth-order valence-corrected chi connectivity index (χ4v) is 4.41. The average molecular weight is 347 g/mol. The summed E-state index contributed by atoms with van der Waals surface area (Å²) < 4.78 is 38.0. The molecular formula is C12H11ClN2O4S2. The zero-order chi connectivity index (χ0) is 14.9. The van der Waals surface area contributed by atoms with E-state index in [1.165, 1.54) is 29.7 Å². The van der Waals surface area contributed by atoms with Gasteiger partial charge < -0.3 is 9.47 Å². The summed E-state index contributed by atoms with van der Waals surface area (Å²) in [6, 6.07) is 4.57. The van der Waals surface area contributed by atoms with Crippen molar-refractivity contribution in [1.82, 2.24) is 4.98 Å². The number of nitrogens with one attached hydrogen (secondary N) is 1. The van der Waals surface area contributed by atoms with Gasteiger partial charge in [0.15, 0.2) is 6.29 Å². The Morgan fingerprint density at radius 1 is 1.29 bits per heavy atom. The van der Waals surface area contributed by atoms with Crippen molar-refractivity contribution in [3.05, 3.63) is 39.7 Å². The van der Waals surface area contributed by atoms with Crippen LogP contribution in [0.15, 0.2) is 34.7 Å². The minimum atomic E-state index is -3.76. The van der Waals surface area contributed by atoms with Gasteiger partial charge in [0.2, 0.25) is 0 Å². The molecule has 2 aromatic heterocycles. The number of ether oxygens (including phenoxy) is 2. The Balaban J connectivity index is 1.88. The molecule has 1 fully saturated rings. The van der Waals surface area contributed by atoms with Gasteiger partial charge in [-0.05, 0) is 23.6 Å². The maximum absolute atomic E-state index is 12.4. The molecule has 0 aromatic carbocycles. The maximum atomic E-state index is 12.4. The van der Waals surface area contributed by atoms with Gasteiger partial charge in [-0.25, -0.2) is 13.4 Å². The molecule has 1 aliphatic heterocycles. The first-order chi connectivity index (χ1) is 10.1. The van der Waals surface area contributed by atoms with E-state index < -0.39 is 16.3 Å². The van der Waals surface area contributed by atoms with Gasteiger partial charge in [0.25, 0.3) is 10.0 Å². The molecule has 9 heteroatoms. The Hall–Kier alpha value is -1.19. The minimum Gasteiger partial charge on any atom is -0.345 e. The predicted octanol–water partition coefficient (Wildman–Crippen LogP) is 2.64. The number of anilines is 1. The third-order valence-corrected chi connectivity index (χ3v) is 5.45. The number of pyridine rings is 1. The second kappa shape index (κ2) is 5.90. The summed E-state index contributed by atoms with van der Waals surface area (Å²) >= 11 is 7.00. The summed E-state index contributed by atoms with van der Waals surface area (Å²) in [7, 11) is -3.76. The summed E-state index contributed by atoms with van der Waals surface area (Å²) in [5.41, 5.74) is 0. The SMILES string of the molecule is O=S(=O)(Nc1ccc(Cl)cn1)c1ccsc1C1OCCO1. The van der Waals surface area contributed by atoms with Gasteiger partial charge in [0.05, 0.1) is 23.1 Å². The monoisotopic (exact) mass is 346 g/mol. The molecule has 0 aliphatic carbocycles. The van der Waals surface area contributed by atoms with E-state index in [0.29, 0.717) is 23.1 Å². The molecule has 21 heavy (non-hydrogen) atoms. The highest BCUT2D eigenvalue weighted by molar-refractivity contribution is 7.92. The Morgan fingerprint density at radius 2 is 2.05 bits per heavy atom. The molecule has 6 nitrogen and oxygen atoms in total. The summed E-state index contributed by atoms with van der Waals surface area (Å²) in [5.74, 6) is 0.199. The number of hydrogen-bond acceptors (Lipinski definition) is 6. The van der Waals surface area contributed by atoms with Crippen LogP contribution >= 0.6 is 22.9 Å². The molecule has 3 heterocycles. The smallest absolute Gasteiger partial charge is 0.264 e. The lowest BCUT2D eigenvalue weighted by Gasteiger charge is -2.11. The molecule has 112 valence electrons. The summed E-state index contributed by atoms with van der Waals surface area (Å²) in [4.78, 5) is 4.58. The molecule has 0 unspecified atom stereocenters. The number of hydrogen-bond donors (Lipinski definition) is 1. The number of sulfonamides is 1. The first-order valence-corrected chi connectivity index (χ1v) is 8.75. The van der Waals surface area contributed by atoms with Crippen molar-refractivity contribution in [1.29, 1.82) is 0 Å². The van der Waals surface area contributed by atoms with Crippen LogP contribution in [0.1, 0.15) is 11.2 Å². The minimum absolute atomic E-state index is 0.135. The Labute approximate surface area is 130 Å². The van der Waals surface area contributed by atoms with Crippen molar-refractivity contribution in [2.45, 2.75) is 11.2 Å². The number of halogens is 1. The normalized spacial score (nSPS) is 16.2. The third-order valence-electron chi connectivity index (χ3n) is 2.75. The Kier molecular flexibility index (Phi) is 4.14. The molecular weight excluding hydrogens is 336 g/mol. The molecule has 0 saturated carbocycles. The highest BCUT2D eigenvalue weighted by Crippen LogP contribution is 2.34. The van der Waals surface area contributed by atoms with Gasteiger partial charge in [-0.3, -0.25) is 4.72 Å². The number of aromatic nitrogens is 1. The lowest BCUT2D eigenvalue weighted by molar-refractivity contribution is -0.0431. The van der Waals surface area contributed by atoms with Crippen molar-refractivity contribution >= 4 is 38.8 Å². The van der Waals surface area contributed by atoms with Crippen LogP contribution in [-0.2, 0) is 19.5 Å². The molecule has 1 aliphatic rings. The lowest BCUT2D eigenvalue weighted by atomic mass is 10.4. The van der Waals surface area contributed by atoms with E-state index in [1.54, 1.807) is 11.4 Å². The van der Waals surface area contributed by atoms with Crippen LogP contribution in [0.4, 0.5) is 5.82 Å².